The minimum atomic E-state index is -0.751. The number of carbonyl (C=O) groups is 1. The number of rotatable bonds is 7. The fourth-order valence-electron chi connectivity index (χ4n) is 3.11. The van der Waals surface area contributed by atoms with Gasteiger partial charge < -0.3 is 15.0 Å². The van der Waals surface area contributed by atoms with Gasteiger partial charge in [0.2, 0.25) is 0 Å². The van der Waals surface area contributed by atoms with Crippen molar-refractivity contribution < 1.29 is 13.9 Å². The maximum Gasteiger partial charge on any atom is 0.337 e. The highest BCUT2D eigenvalue weighted by atomic mass is 32.2. The number of aromatic amines is 1. The fourth-order valence-corrected chi connectivity index (χ4v) is 3.71. The standard InChI is InChI=1S/C21H20FN3O3S/c1-4-10-28-20(27)15-12(3)23-18-17(16(15)13-6-8-14(22)9-7-13)19(26)25-21(24-18)29-11-5-2/h4-9,16H,1-2,10-11H2,3H3,(H2,23,24,25,26)/t16-/m0/s1. The van der Waals surface area contributed by atoms with Gasteiger partial charge in [-0.15, -0.1) is 6.58 Å². The Balaban J connectivity index is 2.17. The van der Waals surface area contributed by atoms with Crippen molar-refractivity contribution in [2.45, 2.75) is 18.0 Å². The van der Waals surface area contributed by atoms with Gasteiger partial charge in [-0.25, -0.2) is 14.2 Å². The summed E-state index contributed by atoms with van der Waals surface area (Å²) in [6.07, 6.45) is 3.17. The van der Waals surface area contributed by atoms with Crippen LogP contribution in [0.25, 0.3) is 0 Å². The van der Waals surface area contributed by atoms with Crippen molar-refractivity contribution >= 4 is 23.5 Å². The normalized spacial score (nSPS) is 15.3. The van der Waals surface area contributed by atoms with Crippen LogP contribution in [0.2, 0.25) is 0 Å². The van der Waals surface area contributed by atoms with E-state index in [0.29, 0.717) is 28.0 Å². The molecule has 1 aliphatic heterocycles. The number of ether oxygens (including phenoxy) is 1. The number of esters is 1. The van der Waals surface area contributed by atoms with Gasteiger partial charge in [0.05, 0.1) is 17.1 Å². The summed E-state index contributed by atoms with van der Waals surface area (Å²) in [5.74, 6) is -0.815. The lowest BCUT2D eigenvalue weighted by Gasteiger charge is -2.28. The third-order valence-electron chi connectivity index (χ3n) is 4.31. The summed E-state index contributed by atoms with van der Waals surface area (Å²) in [5.41, 5.74) is 1.25. The minimum absolute atomic E-state index is 0.0321. The molecule has 2 aromatic rings. The summed E-state index contributed by atoms with van der Waals surface area (Å²) in [4.78, 5) is 32.9. The molecule has 0 saturated heterocycles. The van der Waals surface area contributed by atoms with E-state index < -0.39 is 17.7 Å². The van der Waals surface area contributed by atoms with E-state index >= 15 is 0 Å². The van der Waals surface area contributed by atoms with E-state index in [1.807, 2.05) is 0 Å². The Hall–Kier alpha value is -3.13. The Morgan fingerprint density at radius 2 is 2.03 bits per heavy atom. The molecule has 0 bridgehead atoms. The van der Waals surface area contributed by atoms with E-state index in [1.54, 1.807) is 25.1 Å². The summed E-state index contributed by atoms with van der Waals surface area (Å²) in [5, 5.41) is 3.48. The summed E-state index contributed by atoms with van der Waals surface area (Å²) in [6, 6.07) is 5.66. The number of halogens is 1. The monoisotopic (exact) mass is 413 g/mol. The SMILES string of the molecule is C=CCOC(=O)C1=C(C)Nc2nc(SCC=C)[nH]c(=O)c2[C@H]1c1ccc(F)cc1. The van der Waals surface area contributed by atoms with Crippen LogP contribution in [0.5, 0.6) is 0 Å². The van der Waals surface area contributed by atoms with E-state index in [1.165, 1.54) is 30.0 Å². The van der Waals surface area contributed by atoms with Gasteiger partial charge in [-0.3, -0.25) is 4.79 Å². The number of hydrogen-bond donors (Lipinski definition) is 2. The second-order valence-electron chi connectivity index (χ2n) is 6.27. The smallest absolute Gasteiger partial charge is 0.337 e. The summed E-state index contributed by atoms with van der Waals surface area (Å²) in [7, 11) is 0. The number of hydrogen-bond acceptors (Lipinski definition) is 6. The van der Waals surface area contributed by atoms with E-state index in [0.717, 1.165) is 0 Å². The molecule has 2 heterocycles. The Morgan fingerprint density at radius 3 is 2.69 bits per heavy atom. The van der Waals surface area contributed by atoms with Gasteiger partial charge in [-0.05, 0) is 24.6 Å². The quantitative estimate of drug-likeness (QED) is 0.311. The molecule has 0 amide bonds. The van der Waals surface area contributed by atoms with Crippen LogP contribution in [0, 0.1) is 5.82 Å². The van der Waals surface area contributed by atoms with Crippen LogP contribution in [-0.2, 0) is 9.53 Å². The van der Waals surface area contributed by atoms with Crippen molar-refractivity contribution in [3.05, 3.63) is 88.1 Å². The van der Waals surface area contributed by atoms with E-state index in [2.05, 4.69) is 28.4 Å². The van der Waals surface area contributed by atoms with Gasteiger partial charge in [-0.1, -0.05) is 42.6 Å². The lowest BCUT2D eigenvalue weighted by atomic mass is 9.82. The topological polar surface area (TPSA) is 84.1 Å². The largest absolute Gasteiger partial charge is 0.458 e. The molecule has 8 heteroatoms. The molecular formula is C21H20FN3O3S. The van der Waals surface area contributed by atoms with Crippen molar-refractivity contribution in [3.63, 3.8) is 0 Å². The number of fused-ring (bicyclic) bond motifs is 1. The van der Waals surface area contributed by atoms with Gasteiger partial charge in [0.1, 0.15) is 18.2 Å². The van der Waals surface area contributed by atoms with Gasteiger partial charge in [0, 0.05) is 11.4 Å². The molecule has 3 rings (SSSR count). The number of carbonyl (C=O) groups excluding carboxylic acids is 1. The average Bonchev–Trinajstić information content (AvgIpc) is 2.70. The van der Waals surface area contributed by atoms with Crippen LogP contribution in [0.15, 0.2) is 70.8 Å². The number of nitrogens with zero attached hydrogens (tertiary/aromatic N) is 1. The minimum Gasteiger partial charge on any atom is -0.458 e. The average molecular weight is 413 g/mol. The number of aromatic nitrogens is 2. The highest BCUT2D eigenvalue weighted by Crippen LogP contribution is 2.40. The van der Waals surface area contributed by atoms with Crippen molar-refractivity contribution in [2.75, 3.05) is 17.7 Å². The second kappa shape index (κ2) is 8.91. The predicted octanol–water partition coefficient (Wildman–Crippen LogP) is 3.75. The third kappa shape index (κ3) is 4.32. The lowest BCUT2D eigenvalue weighted by molar-refractivity contribution is -0.138. The van der Waals surface area contributed by atoms with E-state index in [-0.39, 0.29) is 23.3 Å². The van der Waals surface area contributed by atoms with Crippen molar-refractivity contribution in [1.82, 2.24) is 9.97 Å². The third-order valence-corrected chi connectivity index (χ3v) is 5.18. The number of thioether (sulfide) groups is 1. The Labute approximate surface area is 171 Å². The molecule has 1 aromatic carbocycles. The Bertz CT molecular complexity index is 1040. The van der Waals surface area contributed by atoms with E-state index in [4.69, 9.17) is 4.74 Å². The molecule has 0 aliphatic carbocycles. The van der Waals surface area contributed by atoms with Crippen LogP contribution >= 0.6 is 11.8 Å². The first-order valence-corrected chi connectivity index (χ1v) is 9.84. The van der Waals surface area contributed by atoms with Crippen LogP contribution in [0.3, 0.4) is 0 Å². The predicted molar refractivity (Wildman–Crippen MR) is 112 cm³/mol. The van der Waals surface area contributed by atoms with Crippen LogP contribution in [0.4, 0.5) is 10.2 Å². The molecule has 1 aromatic heterocycles. The molecule has 150 valence electrons. The molecular weight excluding hydrogens is 393 g/mol. The number of anilines is 1. The first-order valence-electron chi connectivity index (χ1n) is 8.85. The Kier molecular flexibility index (Phi) is 6.33. The molecule has 1 aliphatic rings. The zero-order valence-corrected chi connectivity index (χ0v) is 16.6. The number of allylic oxidation sites excluding steroid dienone is 1. The highest BCUT2D eigenvalue weighted by Gasteiger charge is 2.36. The maximum atomic E-state index is 13.5. The molecule has 1 atom stereocenters. The molecule has 0 fully saturated rings. The summed E-state index contributed by atoms with van der Waals surface area (Å²) >= 11 is 1.33. The van der Waals surface area contributed by atoms with Gasteiger partial charge in [0.15, 0.2) is 5.16 Å². The number of H-pyrrole nitrogens is 1. The summed E-state index contributed by atoms with van der Waals surface area (Å²) < 4.78 is 18.7. The van der Waals surface area contributed by atoms with E-state index in [9.17, 15) is 14.0 Å². The maximum absolute atomic E-state index is 13.5. The van der Waals surface area contributed by atoms with Crippen LogP contribution in [-0.4, -0.2) is 28.3 Å². The first kappa shape index (κ1) is 20.6. The van der Waals surface area contributed by atoms with Crippen LogP contribution < -0.4 is 10.9 Å². The zero-order valence-electron chi connectivity index (χ0n) is 15.8. The van der Waals surface area contributed by atoms with Gasteiger partial charge >= 0.3 is 5.97 Å². The highest BCUT2D eigenvalue weighted by molar-refractivity contribution is 7.99. The van der Waals surface area contributed by atoms with Crippen LogP contribution in [0.1, 0.15) is 24.0 Å². The molecule has 0 unspecified atom stereocenters. The van der Waals surface area contributed by atoms with Crippen molar-refractivity contribution in [1.29, 1.82) is 0 Å². The lowest BCUT2D eigenvalue weighted by Crippen LogP contribution is -2.31. The van der Waals surface area contributed by atoms with Gasteiger partial charge in [-0.2, -0.15) is 0 Å². The fraction of sp³-hybridized carbons (Fsp3) is 0.190. The zero-order chi connectivity index (χ0) is 21.0. The molecule has 0 spiro atoms. The molecule has 0 saturated carbocycles. The number of nitrogens with one attached hydrogen (secondary N) is 2. The van der Waals surface area contributed by atoms with Gasteiger partial charge in [0.25, 0.3) is 5.56 Å². The first-order chi connectivity index (χ1) is 14.0. The number of benzene rings is 1. The summed E-state index contributed by atoms with van der Waals surface area (Å²) in [6.45, 7) is 8.94. The molecule has 0 radical (unpaired) electrons. The molecule has 2 N–H and O–H groups in total. The van der Waals surface area contributed by atoms with Crippen molar-refractivity contribution in [3.8, 4) is 0 Å². The molecule has 29 heavy (non-hydrogen) atoms. The molecule has 6 nitrogen and oxygen atoms in total. The van der Waals surface area contributed by atoms with Crippen molar-refractivity contribution in [2.24, 2.45) is 0 Å². The second-order valence-corrected chi connectivity index (χ2v) is 7.28. The Morgan fingerprint density at radius 1 is 1.31 bits per heavy atom.